The summed E-state index contributed by atoms with van der Waals surface area (Å²) in [6, 6.07) is 23.0. The second-order valence-electron chi connectivity index (χ2n) is 20.4. The number of anilines is 1. The number of amides is 6. The number of carbonyl (C=O) groups excluding carboxylic acids is 6. The number of unbranched alkanes of at least 4 members (excludes halogenated alkanes) is 3. The van der Waals surface area contributed by atoms with Crippen LogP contribution in [0.15, 0.2) is 108 Å². The van der Waals surface area contributed by atoms with Crippen LogP contribution in [0.2, 0.25) is 0 Å². The number of benzene rings is 3. The number of likely N-dealkylation sites (tertiary alicyclic amines) is 1. The Bertz CT molecular complexity index is 3130. The van der Waals surface area contributed by atoms with Crippen molar-refractivity contribution >= 4 is 73.3 Å². The highest BCUT2D eigenvalue weighted by Gasteiger charge is 2.44. The van der Waals surface area contributed by atoms with Crippen molar-refractivity contribution in [1.29, 1.82) is 0 Å². The van der Waals surface area contributed by atoms with Crippen molar-refractivity contribution in [1.82, 2.24) is 40.1 Å². The Morgan fingerprint density at radius 3 is 2.10 bits per heavy atom. The molecule has 7 rings (SSSR count). The number of thiazole rings is 2. The SMILES string of the molecule is Cc1ncsc1-c1ccc(CNC(=O)[C@@H]2C[C@@H](O)CN2C(=O)C(NC(=O)CCCCCCC(=O)NCc2ccc(COCC(NC(=O)c3ccn(S(C)(=O)=O)c3)C(=O)Nc3nc(-c4ccccc4)cs3)cc2)C(C)(C)C)cc1. The van der Waals surface area contributed by atoms with Crippen molar-refractivity contribution in [3.63, 3.8) is 0 Å². The van der Waals surface area contributed by atoms with Crippen molar-refractivity contribution in [3.05, 3.63) is 136 Å². The van der Waals surface area contributed by atoms with Crippen molar-refractivity contribution in [3.8, 4) is 21.7 Å². The maximum atomic E-state index is 14.0. The molecule has 78 heavy (non-hydrogen) atoms. The average molecular weight is 1120 g/mol. The molecule has 4 atom stereocenters. The molecule has 2 unspecified atom stereocenters. The molecule has 0 spiro atoms. The molecule has 1 aliphatic heterocycles. The molecule has 0 aliphatic carbocycles. The first-order chi connectivity index (χ1) is 37.2. The number of hydrogen-bond acceptors (Lipinski definition) is 14. The number of carbonyl (C=O) groups is 6. The summed E-state index contributed by atoms with van der Waals surface area (Å²) in [6.07, 6.45) is 5.72. The van der Waals surface area contributed by atoms with Gasteiger partial charge in [0.2, 0.25) is 33.7 Å². The molecule has 4 heterocycles. The summed E-state index contributed by atoms with van der Waals surface area (Å²) in [5.74, 6) is -2.45. The zero-order valence-corrected chi connectivity index (χ0v) is 46.8. The lowest BCUT2D eigenvalue weighted by Crippen LogP contribution is -2.57. The lowest BCUT2D eigenvalue weighted by molar-refractivity contribution is -0.144. The van der Waals surface area contributed by atoms with E-state index in [1.54, 1.807) is 22.2 Å². The number of rotatable bonds is 25. The van der Waals surface area contributed by atoms with Crippen LogP contribution in [0.4, 0.5) is 5.13 Å². The number of aliphatic hydroxyl groups is 1. The summed E-state index contributed by atoms with van der Waals surface area (Å²) in [4.78, 5) is 91.5. The van der Waals surface area contributed by atoms with E-state index in [0.29, 0.717) is 43.1 Å². The molecule has 3 aromatic carbocycles. The van der Waals surface area contributed by atoms with Gasteiger partial charge in [-0.1, -0.05) is 112 Å². The summed E-state index contributed by atoms with van der Waals surface area (Å²) < 4.78 is 30.8. The standard InChI is InChI=1S/C56H67N9O10S3/c1-36-49(77-35-59-36)41-23-21-38(22-24-41)29-58-53(71)46-27-43(66)31-65(46)54(72)50(56(2,3)4)62-48(68)16-12-7-6-11-15-47(67)57-28-37-17-19-39(20-18-37)32-75-33-44(60-51(69)42-25-26-64(30-42)78(5,73)74)52(70)63-55-61-45(34-76-55)40-13-9-8-10-14-40/h8-10,13-14,17-26,30,34-35,43-44,46,50,66H,6-7,11-12,15-16,27-29,31-33H2,1-5H3,(H,57,67)(H,58,71)(H,60,69)(H,62,68)(H,61,63,70)/t43-,44?,46+,50?/m1/s1. The monoisotopic (exact) mass is 1120 g/mol. The lowest BCUT2D eigenvalue weighted by atomic mass is 9.85. The smallest absolute Gasteiger partial charge is 0.253 e. The molecule has 19 nitrogen and oxygen atoms in total. The van der Waals surface area contributed by atoms with Crippen LogP contribution in [0.3, 0.4) is 0 Å². The van der Waals surface area contributed by atoms with E-state index in [9.17, 15) is 42.3 Å². The van der Waals surface area contributed by atoms with E-state index in [4.69, 9.17) is 4.74 Å². The zero-order valence-electron chi connectivity index (χ0n) is 44.3. The third-order valence-corrected chi connectivity index (χ3v) is 15.8. The number of β-amino-alcohol motifs (C(OH)–C–C–N with tert-alkyl or cyclic N) is 1. The van der Waals surface area contributed by atoms with Crippen LogP contribution in [0.25, 0.3) is 21.7 Å². The molecule has 0 radical (unpaired) electrons. The van der Waals surface area contributed by atoms with Crippen LogP contribution in [0.5, 0.6) is 0 Å². The fraction of sp³-hybridized carbons (Fsp3) is 0.393. The van der Waals surface area contributed by atoms with Gasteiger partial charge in [-0.3, -0.25) is 32.7 Å². The zero-order chi connectivity index (χ0) is 56.0. The van der Waals surface area contributed by atoms with Gasteiger partial charge in [-0.15, -0.1) is 22.7 Å². The van der Waals surface area contributed by atoms with Crippen LogP contribution >= 0.6 is 22.7 Å². The van der Waals surface area contributed by atoms with Gasteiger partial charge < -0.3 is 41.3 Å². The predicted molar refractivity (Wildman–Crippen MR) is 299 cm³/mol. The summed E-state index contributed by atoms with van der Waals surface area (Å²) in [5, 5.41) is 26.9. The van der Waals surface area contributed by atoms with E-state index in [1.165, 1.54) is 28.5 Å². The molecule has 414 valence electrons. The molecule has 6 N–H and O–H groups in total. The van der Waals surface area contributed by atoms with Gasteiger partial charge in [0, 0.05) is 62.2 Å². The highest BCUT2D eigenvalue weighted by Crippen LogP contribution is 2.29. The first kappa shape index (κ1) is 58.6. The molecule has 0 saturated carbocycles. The third kappa shape index (κ3) is 16.7. The lowest BCUT2D eigenvalue weighted by Gasteiger charge is -2.35. The largest absolute Gasteiger partial charge is 0.391 e. The molecule has 1 saturated heterocycles. The summed E-state index contributed by atoms with van der Waals surface area (Å²) in [7, 11) is -3.63. The van der Waals surface area contributed by atoms with Crippen LogP contribution in [-0.4, -0.2) is 111 Å². The minimum atomic E-state index is -3.63. The summed E-state index contributed by atoms with van der Waals surface area (Å²) in [6.45, 7) is 7.91. The molecular formula is C56H67N9O10S3. The van der Waals surface area contributed by atoms with Crippen LogP contribution in [0, 0.1) is 12.3 Å². The van der Waals surface area contributed by atoms with E-state index in [2.05, 4.69) is 36.6 Å². The maximum absolute atomic E-state index is 14.0. The second-order valence-corrected chi connectivity index (χ2v) is 24.0. The average Bonchev–Trinajstić information content (AvgIpc) is 4.27. The summed E-state index contributed by atoms with van der Waals surface area (Å²) >= 11 is 2.79. The van der Waals surface area contributed by atoms with Crippen molar-refractivity contribution < 1.29 is 47.0 Å². The number of nitrogens with zero attached hydrogens (tertiary/aromatic N) is 4. The van der Waals surface area contributed by atoms with Gasteiger partial charge in [-0.05, 0) is 53.5 Å². The van der Waals surface area contributed by atoms with Gasteiger partial charge in [0.05, 0.1) is 52.9 Å². The Balaban J connectivity index is 0.801. The topological polar surface area (TPSA) is 260 Å². The number of ether oxygens (including phenoxy) is 1. The van der Waals surface area contributed by atoms with E-state index in [1.807, 2.05) is 107 Å². The molecule has 1 aliphatic rings. The van der Waals surface area contributed by atoms with E-state index < -0.39 is 57.4 Å². The van der Waals surface area contributed by atoms with Gasteiger partial charge >= 0.3 is 0 Å². The van der Waals surface area contributed by atoms with Gasteiger partial charge in [0.15, 0.2) is 5.13 Å². The van der Waals surface area contributed by atoms with Crippen molar-refractivity contribution in [2.75, 3.05) is 24.7 Å². The minimum Gasteiger partial charge on any atom is -0.391 e. The highest BCUT2D eigenvalue weighted by atomic mass is 32.2. The molecule has 0 bridgehead atoms. The fourth-order valence-corrected chi connectivity index (χ4v) is 10.8. The van der Waals surface area contributed by atoms with E-state index in [0.717, 1.165) is 61.2 Å². The molecule has 3 aromatic heterocycles. The highest BCUT2D eigenvalue weighted by molar-refractivity contribution is 7.89. The third-order valence-electron chi connectivity index (χ3n) is 13.1. The number of aliphatic hydroxyl groups excluding tert-OH is 1. The quantitative estimate of drug-likeness (QED) is 0.0333. The van der Waals surface area contributed by atoms with Crippen LogP contribution < -0.4 is 26.6 Å². The van der Waals surface area contributed by atoms with Gasteiger partial charge in [0.1, 0.15) is 18.1 Å². The Morgan fingerprint density at radius 2 is 1.46 bits per heavy atom. The normalized spacial score (nSPS) is 15.3. The van der Waals surface area contributed by atoms with Crippen molar-refractivity contribution in [2.45, 2.75) is 117 Å². The predicted octanol–water partition coefficient (Wildman–Crippen LogP) is 6.57. The Labute approximate surface area is 462 Å². The maximum Gasteiger partial charge on any atom is 0.253 e. The fourth-order valence-electron chi connectivity index (χ4n) is 8.68. The Morgan fingerprint density at radius 1 is 0.808 bits per heavy atom. The molecule has 6 amide bonds. The van der Waals surface area contributed by atoms with Crippen LogP contribution in [0.1, 0.15) is 98.5 Å². The van der Waals surface area contributed by atoms with Gasteiger partial charge in [0.25, 0.3) is 11.8 Å². The van der Waals surface area contributed by atoms with Gasteiger partial charge in [-0.2, -0.15) is 0 Å². The van der Waals surface area contributed by atoms with Gasteiger partial charge in [-0.25, -0.2) is 18.4 Å². The Kier molecular flexibility index (Phi) is 20.3. The number of hydrogen-bond donors (Lipinski definition) is 6. The minimum absolute atomic E-state index is 0.0166. The first-order valence-corrected chi connectivity index (χ1v) is 29.3. The first-order valence-electron chi connectivity index (χ1n) is 25.7. The van der Waals surface area contributed by atoms with E-state index >= 15 is 0 Å². The molecule has 6 aromatic rings. The number of aryl methyl sites for hydroxylation is 1. The second kappa shape index (κ2) is 27.0. The molecule has 22 heteroatoms. The summed E-state index contributed by atoms with van der Waals surface area (Å²) in [5.41, 5.74) is 7.22. The Hall–Kier alpha value is -7.11. The van der Waals surface area contributed by atoms with Crippen LogP contribution in [-0.2, 0) is 58.4 Å². The number of aromatic nitrogens is 3. The molecule has 1 fully saturated rings. The van der Waals surface area contributed by atoms with E-state index in [-0.39, 0.29) is 62.4 Å². The number of nitrogens with one attached hydrogen (secondary N) is 5. The molecular weight excluding hydrogens is 1050 g/mol. The van der Waals surface area contributed by atoms with Crippen molar-refractivity contribution in [2.24, 2.45) is 5.41 Å².